The van der Waals surface area contributed by atoms with Crippen LogP contribution in [0.1, 0.15) is 28.0 Å². The highest BCUT2D eigenvalue weighted by Gasteiger charge is 2.13. The highest BCUT2D eigenvalue weighted by atomic mass is 16.5. The molecule has 0 aliphatic rings. The molecular weight excluding hydrogens is 300 g/mol. The van der Waals surface area contributed by atoms with Crippen molar-refractivity contribution in [3.05, 3.63) is 77.5 Å². The van der Waals surface area contributed by atoms with Crippen LogP contribution in [0.4, 0.5) is 0 Å². The largest absolute Gasteiger partial charge is 0.355 e. The van der Waals surface area contributed by atoms with Gasteiger partial charge in [0, 0.05) is 18.2 Å². The van der Waals surface area contributed by atoms with Gasteiger partial charge in [0.1, 0.15) is 0 Å². The fourth-order valence-corrected chi connectivity index (χ4v) is 2.47. The van der Waals surface area contributed by atoms with Gasteiger partial charge in [0.05, 0.1) is 0 Å². The number of benzene rings is 2. The molecule has 0 aliphatic carbocycles. The second-order valence-corrected chi connectivity index (χ2v) is 5.79. The van der Waals surface area contributed by atoms with Gasteiger partial charge in [0.15, 0.2) is 11.5 Å². The molecule has 1 aromatic heterocycles. The Balaban J connectivity index is 1.51. The van der Waals surface area contributed by atoms with Crippen molar-refractivity contribution in [3.8, 4) is 11.3 Å². The number of hydrogen-bond acceptors (Lipinski definition) is 3. The summed E-state index contributed by atoms with van der Waals surface area (Å²) in [5.41, 5.74) is 3.67. The summed E-state index contributed by atoms with van der Waals surface area (Å²) in [6.45, 7) is 2.64. The molecule has 3 aromatic rings. The first-order valence-electron chi connectivity index (χ1n) is 8.08. The van der Waals surface area contributed by atoms with Gasteiger partial charge in [0.2, 0.25) is 0 Å². The Hall–Kier alpha value is -2.88. The SMILES string of the molecule is Cc1ccc(-c2cc(C(=O)NCCCc3ccccc3)no2)cc1. The summed E-state index contributed by atoms with van der Waals surface area (Å²) in [5, 5.41) is 6.75. The van der Waals surface area contributed by atoms with E-state index in [1.165, 1.54) is 11.1 Å². The van der Waals surface area contributed by atoms with Gasteiger partial charge in [-0.1, -0.05) is 65.3 Å². The zero-order valence-corrected chi connectivity index (χ0v) is 13.7. The number of hydrogen-bond donors (Lipinski definition) is 1. The van der Waals surface area contributed by atoms with Crippen molar-refractivity contribution < 1.29 is 9.32 Å². The summed E-state index contributed by atoms with van der Waals surface area (Å²) in [6, 6.07) is 19.8. The van der Waals surface area contributed by atoms with Crippen molar-refractivity contribution in [2.45, 2.75) is 19.8 Å². The molecule has 122 valence electrons. The van der Waals surface area contributed by atoms with Gasteiger partial charge < -0.3 is 9.84 Å². The van der Waals surface area contributed by atoms with Crippen molar-refractivity contribution in [3.63, 3.8) is 0 Å². The molecule has 1 N–H and O–H groups in total. The molecule has 1 heterocycles. The van der Waals surface area contributed by atoms with Gasteiger partial charge in [-0.2, -0.15) is 0 Å². The molecule has 0 spiro atoms. The minimum atomic E-state index is -0.204. The molecule has 24 heavy (non-hydrogen) atoms. The van der Waals surface area contributed by atoms with E-state index < -0.39 is 0 Å². The topological polar surface area (TPSA) is 55.1 Å². The fraction of sp³-hybridized carbons (Fsp3) is 0.200. The molecular formula is C20H20N2O2. The van der Waals surface area contributed by atoms with E-state index in [9.17, 15) is 4.79 Å². The van der Waals surface area contributed by atoms with E-state index in [-0.39, 0.29) is 5.91 Å². The highest BCUT2D eigenvalue weighted by molar-refractivity contribution is 5.93. The lowest BCUT2D eigenvalue weighted by molar-refractivity contribution is 0.0944. The monoisotopic (exact) mass is 320 g/mol. The number of amides is 1. The van der Waals surface area contributed by atoms with Crippen molar-refractivity contribution in [2.75, 3.05) is 6.54 Å². The number of aromatic nitrogens is 1. The van der Waals surface area contributed by atoms with Crippen LogP contribution in [0.2, 0.25) is 0 Å². The average Bonchev–Trinajstić information content (AvgIpc) is 3.10. The predicted molar refractivity (Wildman–Crippen MR) is 93.8 cm³/mol. The number of rotatable bonds is 6. The van der Waals surface area contributed by atoms with Crippen LogP contribution in [0, 0.1) is 6.92 Å². The fourth-order valence-electron chi connectivity index (χ4n) is 2.47. The normalized spacial score (nSPS) is 10.5. The number of aryl methyl sites for hydroxylation is 2. The van der Waals surface area contributed by atoms with E-state index in [0.717, 1.165) is 18.4 Å². The van der Waals surface area contributed by atoms with Crippen LogP contribution < -0.4 is 5.32 Å². The lowest BCUT2D eigenvalue weighted by Gasteiger charge is -2.03. The Morgan fingerprint density at radius 3 is 2.58 bits per heavy atom. The lowest BCUT2D eigenvalue weighted by Crippen LogP contribution is -2.25. The maximum absolute atomic E-state index is 12.1. The minimum Gasteiger partial charge on any atom is -0.355 e. The molecule has 0 fully saturated rings. The first kappa shape index (κ1) is 16.0. The summed E-state index contributed by atoms with van der Waals surface area (Å²) in [6.07, 6.45) is 1.83. The van der Waals surface area contributed by atoms with E-state index >= 15 is 0 Å². The van der Waals surface area contributed by atoms with Crippen molar-refractivity contribution in [1.29, 1.82) is 0 Å². The molecule has 0 atom stereocenters. The second-order valence-electron chi connectivity index (χ2n) is 5.79. The predicted octanol–water partition coefficient (Wildman–Crippen LogP) is 4.01. The van der Waals surface area contributed by atoms with Crippen LogP contribution in [0.15, 0.2) is 65.2 Å². The Bertz CT molecular complexity index is 792. The highest BCUT2D eigenvalue weighted by Crippen LogP contribution is 2.20. The van der Waals surface area contributed by atoms with Crippen LogP contribution in [0.3, 0.4) is 0 Å². The Morgan fingerprint density at radius 1 is 1.08 bits per heavy atom. The third kappa shape index (κ3) is 4.10. The third-order valence-electron chi connectivity index (χ3n) is 3.85. The Labute approximate surface area is 141 Å². The molecule has 4 heteroatoms. The summed E-state index contributed by atoms with van der Waals surface area (Å²) in [7, 11) is 0. The van der Waals surface area contributed by atoms with E-state index in [1.54, 1.807) is 6.07 Å². The average molecular weight is 320 g/mol. The Kier molecular flexibility index (Phi) is 5.06. The summed E-state index contributed by atoms with van der Waals surface area (Å²) < 4.78 is 5.28. The van der Waals surface area contributed by atoms with Crippen LogP contribution in [-0.2, 0) is 6.42 Å². The van der Waals surface area contributed by atoms with E-state index in [2.05, 4.69) is 22.6 Å². The smallest absolute Gasteiger partial charge is 0.273 e. The van der Waals surface area contributed by atoms with Gasteiger partial charge >= 0.3 is 0 Å². The molecule has 1 amide bonds. The van der Waals surface area contributed by atoms with Crippen molar-refractivity contribution in [1.82, 2.24) is 10.5 Å². The zero-order valence-electron chi connectivity index (χ0n) is 13.7. The van der Waals surface area contributed by atoms with Gasteiger partial charge in [-0.25, -0.2) is 0 Å². The van der Waals surface area contributed by atoms with Crippen molar-refractivity contribution in [2.24, 2.45) is 0 Å². The Morgan fingerprint density at radius 2 is 1.83 bits per heavy atom. The minimum absolute atomic E-state index is 0.204. The zero-order chi connectivity index (χ0) is 16.8. The molecule has 0 unspecified atom stereocenters. The molecule has 3 rings (SSSR count). The first-order chi connectivity index (χ1) is 11.7. The van der Waals surface area contributed by atoms with Gasteiger partial charge in [-0.3, -0.25) is 4.79 Å². The van der Waals surface area contributed by atoms with Crippen LogP contribution in [0.5, 0.6) is 0 Å². The molecule has 0 bridgehead atoms. The van der Waals surface area contributed by atoms with Crippen LogP contribution >= 0.6 is 0 Å². The molecule has 2 aromatic carbocycles. The van der Waals surface area contributed by atoms with Gasteiger partial charge in [0.25, 0.3) is 5.91 Å². The summed E-state index contributed by atoms with van der Waals surface area (Å²) in [4.78, 5) is 12.1. The maximum Gasteiger partial charge on any atom is 0.273 e. The summed E-state index contributed by atoms with van der Waals surface area (Å²) >= 11 is 0. The maximum atomic E-state index is 12.1. The number of nitrogens with zero attached hydrogens (tertiary/aromatic N) is 1. The van der Waals surface area contributed by atoms with E-state index in [0.29, 0.717) is 18.0 Å². The third-order valence-corrected chi connectivity index (χ3v) is 3.85. The molecule has 0 radical (unpaired) electrons. The number of carbonyl (C=O) groups is 1. The molecule has 0 aliphatic heterocycles. The molecule has 0 saturated carbocycles. The van der Waals surface area contributed by atoms with E-state index in [1.807, 2.05) is 49.4 Å². The first-order valence-corrected chi connectivity index (χ1v) is 8.08. The second kappa shape index (κ2) is 7.59. The van der Waals surface area contributed by atoms with Gasteiger partial charge in [-0.05, 0) is 25.3 Å². The lowest BCUT2D eigenvalue weighted by atomic mass is 10.1. The van der Waals surface area contributed by atoms with Crippen molar-refractivity contribution >= 4 is 5.91 Å². The van der Waals surface area contributed by atoms with Crippen LogP contribution in [-0.4, -0.2) is 17.6 Å². The van der Waals surface area contributed by atoms with Crippen LogP contribution in [0.25, 0.3) is 11.3 Å². The number of carbonyl (C=O) groups excluding carboxylic acids is 1. The number of nitrogens with one attached hydrogen (secondary N) is 1. The summed E-state index contributed by atoms with van der Waals surface area (Å²) in [5.74, 6) is 0.398. The van der Waals surface area contributed by atoms with E-state index in [4.69, 9.17) is 4.52 Å². The van der Waals surface area contributed by atoms with Gasteiger partial charge in [-0.15, -0.1) is 0 Å². The molecule has 0 saturated heterocycles. The quantitative estimate of drug-likeness (QED) is 0.698. The standard InChI is InChI=1S/C20H20N2O2/c1-15-9-11-17(12-10-15)19-14-18(22-24-19)20(23)21-13-5-8-16-6-3-2-4-7-16/h2-4,6-7,9-12,14H,5,8,13H2,1H3,(H,21,23). The molecule has 4 nitrogen and oxygen atoms in total.